The van der Waals surface area contributed by atoms with Gasteiger partial charge in [-0.05, 0) is 68.0 Å². The molecule has 0 amide bonds. The molecule has 40 heavy (non-hydrogen) atoms. The van der Waals surface area contributed by atoms with Gasteiger partial charge in [-0.15, -0.1) is 0 Å². The fraction of sp³-hybridized carbons (Fsp3) is 0.375. The molecule has 2 heterocycles. The normalized spacial score (nSPS) is 16.7. The lowest BCUT2D eigenvalue weighted by atomic mass is 9.99. The van der Waals surface area contributed by atoms with Gasteiger partial charge < -0.3 is 25.4 Å². The van der Waals surface area contributed by atoms with Crippen LogP contribution in [0.15, 0.2) is 66.9 Å². The SMILES string of the molecule is OCC1(Nc2nccc(Oc3ccc(NCc4cc(F)cc(N5CCCCC5)c4)c4ccccc34)n2)CCCC1. The van der Waals surface area contributed by atoms with E-state index in [4.69, 9.17) is 4.74 Å². The number of aliphatic hydroxyl groups excluding tert-OH is 1. The van der Waals surface area contributed by atoms with E-state index in [2.05, 4.69) is 31.6 Å². The summed E-state index contributed by atoms with van der Waals surface area (Å²) in [7, 11) is 0. The number of fused-ring (bicyclic) bond motifs is 1. The van der Waals surface area contributed by atoms with E-state index in [1.54, 1.807) is 24.4 Å². The molecule has 4 aromatic rings. The van der Waals surface area contributed by atoms with E-state index in [0.29, 0.717) is 24.1 Å². The Hall–Kier alpha value is -3.91. The van der Waals surface area contributed by atoms with Crippen molar-refractivity contribution in [1.29, 1.82) is 0 Å². The minimum atomic E-state index is -0.366. The van der Waals surface area contributed by atoms with Crippen molar-refractivity contribution in [3.05, 3.63) is 78.2 Å². The molecule has 0 radical (unpaired) electrons. The molecule has 6 rings (SSSR count). The molecule has 1 saturated heterocycles. The minimum absolute atomic E-state index is 0.0513. The van der Waals surface area contributed by atoms with Crippen molar-refractivity contribution in [2.45, 2.75) is 57.0 Å². The summed E-state index contributed by atoms with van der Waals surface area (Å²) in [6.07, 6.45) is 9.16. The second kappa shape index (κ2) is 11.7. The quantitative estimate of drug-likeness (QED) is 0.213. The summed E-state index contributed by atoms with van der Waals surface area (Å²) in [6.45, 7) is 2.52. The molecule has 2 aliphatic rings. The van der Waals surface area contributed by atoms with Crippen LogP contribution in [0, 0.1) is 5.82 Å². The molecule has 0 bridgehead atoms. The van der Waals surface area contributed by atoms with Crippen LogP contribution in [0.5, 0.6) is 11.6 Å². The zero-order valence-electron chi connectivity index (χ0n) is 22.7. The number of hydrogen-bond donors (Lipinski definition) is 3. The second-order valence-electron chi connectivity index (χ2n) is 11.0. The Morgan fingerprint density at radius 1 is 0.925 bits per heavy atom. The molecular weight excluding hydrogens is 505 g/mol. The lowest BCUT2D eigenvalue weighted by Crippen LogP contribution is -2.39. The van der Waals surface area contributed by atoms with Crippen LogP contribution < -0.4 is 20.3 Å². The molecule has 1 saturated carbocycles. The van der Waals surface area contributed by atoms with Gasteiger partial charge in [0, 0.05) is 54.0 Å². The largest absolute Gasteiger partial charge is 0.438 e. The number of halogens is 1. The number of aromatic nitrogens is 2. The Morgan fingerprint density at radius 3 is 2.52 bits per heavy atom. The van der Waals surface area contributed by atoms with Gasteiger partial charge in [-0.3, -0.25) is 0 Å². The first-order valence-corrected chi connectivity index (χ1v) is 14.3. The zero-order chi connectivity index (χ0) is 27.4. The van der Waals surface area contributed by atoms with E-state index in [1.165, 1.54) is 6.42 Å². The van der Waals surface area contributed by atoms with E-state index in [-0.39, 0.29) is 18.0 Å². The predicted octanol–water partition coefficient (Wildman–Crippen LogP) is 6.88. The van der Waals surface area contributed by atoms with Crippen molar-refractivity contribution in [3.63, 3.8) is 0 Å². The van der Waals surface area contributed by atoms with Crippen molar-refractivity contribution in [2.24, 2.45) is 0 Å². The van der Waals surface area contributed by atoms with E-state index < -0.39 is 0 Å². The summed E-state index contributed by atoms with van der Waals surface area (Å²) in [5, 5.41) is 18.8. The van der Waals surface area contributed by atoms with Gasteiger partial charge in [0.2, 0.25) is 11.8 Å². The van der Waals surface area contributed by atoms with Crippen LogP contribution in [0.4, 0.5) is 21.7 Å². The number of aliphatic hydroxyl groups is 1. The molecule has 1 aliphatic heterocycles. The van der Waals surface area contributed by atoms with Gasteiger partial charge in [0.15, 0.2) is 0 Å². The van der Waals surface area contributed by atoms with Gasteiger partial charge in [-0.25, -0.2) is 9.37 Å². The van der Waals surface area contributed by atoms with Crippen LogP contribution in [0.3, 0.4) is 0 Å². The molecule has 3 N–H and O–H groups in total. The third-order valence-corrected chi connectivity index (χ3v) is 8.12. The number of nitrogens with zero attached hydrogens (tertiary/aromatic N) is 3. The number of anilines is 3. The number of piperidine rings is 1. The van der Waals surface area contributed by atoms with Gasteiger partial charge in [0.1, 0.15) is 11.6 Å². The molecule has 3 aromatic carbocycles. The maximum absolute atomic E-state index is 14.5. The molecule has 7 nitrogen and oxygen atoms in total. The Balaban J connectivity index is 1.20. The van der Waals surface area contributed by atoms with Crippen LogP contribution in [0.25, 0.3) is 10.8 Å². The lowest BCUT2D eigenvalue weighted by Gasteiger charge is -2.29. The Kier molecular flexibility index (Phi) is 7.68. The van der Waals surface area contributed by atoms with Crippen molar-refractivity contribution in [3.8, 4) is 11.6 Å². The fourth-order valence-electron chi connectivity index (χ4n) is 5.97. The average molecular weight is 542 g/mol. The Bertz CT molecular complexity index is 1470. The van der Waals surface area contributed by atoms with Crippen LogP contribution in [-0.4, -0.2) is 40.3 Å². The zero-order valence-corrected chi connectivity index (χ0v) is 22.7. The molecule has 2 fully saturated rings. The van der Waals surface area contributed by atoms with E-state index >= 15 is 0 Å². The number of hydrogen-bond acceptors (Lipinski definition) is 7. The summed E-state index contributed by atoms with van der Waals surface area (Å²) >= 11 is 0. The van der Waals surface area contributed by atoms with Gasteiger partial charge in [0.25, 0.3) is 0 Å². The average Bonchev–Trinajstić information content (AvgIpc) is 3.46. The fourth-order valence-corrected chi connectivity index (χ4v) is 5.97. The third-order valence-electron chi connectivity index (χ3n) is 8.12. The summed E-state index contributed by atoms with van der Waals surface area (Å²) in [6, 6.07) is 19.0. The second-order valence-corrected chi connectivity index (χ2v) is 11.0. The van der Waals surface area contributed by atoms with Crippen molar-refractivity contribution < 1.29 is 14.2 Å². The standard InChI is InChI=1S/C32H36FN5O2/c33-24-18-23(19-25(20-24)38-16-6-1-7-17-38)21-35-28-10-11-29(27-9-3-2-8-26(27)28)40-30-12-15-34-31(36-30)37-32(22-39)13-4-5-14-32/h2-3,8-12,15,18-20,35,39H,1,4-7,13-14,16-17,21-22H2,(H,34,36,37). The molecule has 0 unspecified atom stereocenters. The smallest absolute Gasteiger partial charge is 0.226 e. The van der Waals surface area contributed by atoms with E-state index in [1.807, 2.05) is 36.4 Å². The van der Waals surface area contributed by atoms with E-state index in [9.17, 15) is 9.50 Å². The van der Waals surface area contributed by atoms with Gasteiger partial charge in [0.05, 0.1) is 12.1 Å². The molecule has 208 valence electrons. The molecular formula is C32H36FN5O2. The van der Waals surface area contributed by atoms with Crippen LogP contribution in [0.1, 0.15) is 50.5 Å². The van der Waals surface area contributed by atoms with Crippen LogP contribution in [-0.2, 0) is 6.54 Å². The van der Waals surface area contributed by atoms with Crippen molar-refractivity contribution in [1.82, 2.24) is 9.97 Å². The molecule has 0 atom stereocenters. The highest BCUT2D eigenvalue weighted by Gasteiger charge is 2.33. The molecule has 8 heteroatoms. The summed E-state index contributed by atoms with van der Waals surface area (Å²) in [5.74, 6) is 1.36. The van der Waals surface area contributed by atoms with Gasteiger partial charge in [-0.1, -0.05) is 37.1 Å². The highest BCUT2D eigenvalue weighted by molar-refractivity contribution is 5.98. The molecule has 1 aliphatic carbocycles. The molecule has 1 aromatic heterocycles. The maximum Gasteiger partial charge on any atom is 0.226 e. The number of nitrogens with one attached hydrogen (secondary N) is 2. The predicted molar refractivity (Wildman–Crippen MR) is 158 cm³/mol. The first-order valence-electron chi connectivity index (χ1n) is 14.3. The summed E-state index contributed by atoms with van der Waals surface area (Å²) in [4.78, 5) is 11.2. The van der Waals surface area contributed by atoms with Crippen LogP contribution >= 0.6 is 0 Å². The number of benzene rings is 3. The topological polar surface area (TPSA) is 82.5 Å². The number of rotatable bonds is 9. The van der Waals surface area contributed by atoms with Gasteiger partial charge in [-0.2, -0.15) is 4.98 Å². The van der Waals surface area contributed by atoms with Crippen molar-refractivity contribution in [2.75, 3.05) is 35.2 Å². The first-order chi connectivity index (χ1) is 19.6. The van der Waals surface area contributed by atoms with E-state index in [0.717, 1.165) is 79.3 Å². The highest BCUT2D eigenvalue weighted by Crippen LogP contribution is 2.36. The maximum atomic E-state index is 14.5. The minimum Gasteiger partial charge on any atom is -0.438 e. The Labute approximate surface area is 234 Å². The van der Waals surface area contributed by atoms with Gasteiger partial charge >= 0.3 is 0 Å². The Morgan fingerprint density at radius 2 is 1.73 bits per heavy atom. The first kappa shape index (κ1) is 26.3. The third kappa shape index (κ3) is 5.82. The van der Waals surface area contributed by atoms with Crippen molar-refractivity contribution >= 4 is 28.1 Å². The molecule has 0 spiro atoms. The lowest BCUT2D eigenvalue weighted by molar-refractivity contribution is 0.213. The monoisotopic (exact) mass is 541 g/mol. The highest BCUT2D eigenvalue weighted by atomic mass is 19.1. The summed E-state index contributed by atoms with van der Waals surface area (Å²) in [5.41, 5.74) is 2.45. The van der Waals surface area contributed by atoms with Crippen LogP contribution in [0.2, 0.25) is 0 Å². The number of ether oxygens (including phenoxy) is 1. The summed E-state index contributed by atoms with van der Waals surface area (Å²) < 4.78 is 20.7.